The number of rotatable bonds is 3. The summed E-state index contributed by atoms with van der Waals surface area (Å²) in [5.41, 5.74) is 4.90. The Morgan fingerprint density at radius 1 is 1.53 bits per heavy atom. The van der Waals surface area contributed by atoms with Crippen LogP contribution in [0.15, 0.2) is 23.2 Å². The van der Waals surface area contributed by atoms with Gasteiger partial charge in [0.05, 0.1) is 5.69 Å². The lowest BCUT2D eigenvalue weighted by Gasteiger charge is -2.10. The SMILES string of the molecule is NP(=O)(O)Nc1ccc(O)cc1N=C=O. The predicted octanol–water partition coefficient (Wildman–Crippen LogP) is 0.830. The van der Waals surface area contributed by atoms with Crippen molar-refractivity contribution in [2.45, 2.75) is 0 Å². The zero-order chi connectivity index (χ0) is 11.5. The molecule has 0 radical (unpaired) electrons. The largest absolute Gasteiger partial charge is 0.508 e. The number of carbonyl (C=O) groups excluding carboxylic acids is 1. The van der Waals surface area contributed by atoms with E-state index < -0.39 is 7.67 Å². The summed E-state index contributed by atoms with van der Waals surface area (Å²) in [6, 6.07) is 3.64. The van der Waals surface area contributed by atoms with Crippen LogP contribution in [0.4, 0.5) is 11.4 Å². The minimum atomic E-state index is -3.97. The molecule has 0 aromatic heterocycles. The van der Waals surface area contributed by atoms with Crippen LogP contribution < -0.4 is 10.6 Å². The van der Waals surface area contributed by atoms with Crippen LogP contribution in [0.2, 0.25) is 0 Å². The van der Waals surface area contributed by atoms with Crippen LogP contribution in [0.3, 0.4) is 0 Å². The molecule has 8 heteroatoms. The molecule has 5 N–H and O–H groups in total. The molecule has 1 unspecified atom stereocenters. The summed E-state index contributed by atoms with van der Waals surface area (Å²) >= 11 is 0. The van der Waals surface area contributed by atoms with Gasteiger partial charge in [-0.3, -0.25) is 0 Å². The first kappa shape index (κ1) is 11.4. The van der Waals surface area contributed by atoms with Gasteiger partial charge in [0.25, 0.3) is 0 Å². The van der Waals surface area contributed by atoms with Crippen molar-refractivity contribution in [2.75, 3.05) is 5.09 Å². The van der Waals surface area contributed by atoms with E-state index in [0.29, 0.717) is 0 Å². The lowest BCUT2D eigenvalue weighted by atomic mass is 10.2. The quantitative estimate of drug-likeness (QED) is 0.263. The summed E-state index contributed by atoms with van der Waals surface area (Å²) in [6.07, 6.45) is 1.25. The van der Waals surface area contributed by atoms with Crippen molar-refractivity contribution in [3.05, 3.63) is 18.2 Å². The second-order valence-electron chi connectivity index (χ2n) is 2.64. The third kappa shape index (κ3) is 3.53. The zero-order valence-electron chi connectivity index (χ0n) is 7.41. The Balaban J connectivity index is 3.17. The molecule has 0 saturated carbocycles. The summed E-state index contributed by atoms with van der Waals surface area (Å²) < 4.78 is 10.8. The van der Waals surface area contributed by atoms with Gasteiger partial charge in [-0.05, 0) is 12.1 Å². The van der Waals surface area contributed by atoms with E-state index in [-0.39, 0.29) is 17.1 Å². The normalized spacial score (nSPS) is 13.7. The van der Waals surface area contributed by atoms with Crippen LogP contribution in [-0.4, -0.2) is 16.1 Å². The first-order valence-electron chi connectivity index (χ1n) is 3.73. The highest BCUT2D eigenvalue weighted by Gasteiger charge is 2.13. The van der Waals surface area contributed by atoms with Crippen molar-refractivity contribution in [3.63, 3.8) is 0 Å². The maximum atomic E-state index is 10.8. The number of anilines is 1. The predicted molar refractivity (Wildman–Crippen MR) is 53.5 cm³/mol. The van der Waals surface area contributed by atoms with Crippen LogP contribution in [0.5, 0.6) is 5.75 Å². The van der Waals surface area contributed by atoms with E-state index in [9.17, 15) is 9.36 Å². The number of aliphatic imine (C=N–C) groups is 1. The van der Waals surface area contributed by atoms with E-state index >= 15 is 0 Å². The Morgan fingerprint density at radius 3 is 2.73 bits per heavy atom. The summed E-state index contributed by atoms with van der Waals surface area (Å²) in [5, 5.41) is 11.1. The van der Waals surface area contributed by atoms with Crippen molar-refractivity contribution >= 4 is 25.1 Å². The molecule has 0 heterocycles. The monoisotopic (exact) mass is 229 g/mol. The van der Waals surface area contributed by atoms with Gasteiger partial charge in [0.2, 0.25) is 6.08 Å². The molecule has 15 heavy (non-hydrogen) atoms. The highest BCUT2D eigenvalue weighted by molar-refractivity contribution is 7.57. The van der Waals surface area contributed by atoms with Crippen molar-refractivity contribution in [3.8, 4) is 5.75 Å². The van der Waals surface area contributed by atoms with E-state index in [4.69, 9.17) is 15.5 Å². The fraction of sp³-hybridized carbons (Fsp3) is 0. The van der Waals surface area contributed by atoms with Gasteiger partial charge in [0, 0.05) is 6.07 Å². The maximum Gasteiger partial charge on any atom is 0.360 e. The van der Waals surface area contributed by atoms with Crippen LogP contribution >= 0.6 is 7.67 Å². The van der Waals surface area contributed by atoms with Crippen LogP contribution in [0.25, 0.3) is 0 Å². The molecule has 0 saturated heterocycles. The van der Waals surface area contributed by atoms with E-state index in [2.05, 4.69) is 10.1 Å². The highest BCUT2D eigenvalue weighted by atomic mass is 31.2. The van der Waals surface area contributed by atoms with E-state index in [1.54, 1.807) is 0 Å². The molecule has 0 fully saturated rings. The van der Waals surface area contributed by atoms with Crippen molar-refractivity contribution in [1.82, 2.24) is 0 Å². The third-order valence-electron chi connectivity index (χ3n) is 1.43. The van der Waals surface area contributed by atoms with Crippen molar-refractivity contribution in [2.24, 2.45) is 10.5 Å². The molecule has 0 spiro atoms. The smallest absolute Gasteiger partial charge is 0.360 e. The van der Waals surface area contributed by atoms with Gasteiger partial charge in [-0.2, -0.15) is 4.99 Å². The zero-order valence-corrected chi connectivity index (χ0v) is 8.31. The van der Waals surface area contributed by atoms with Gasteiger partial charge < -0.3 is 15.1 Å². The molecule has 1 aromatic carbocycles. The molecule has 0 amide bonds. The number of hydrogen-bond acceptors (Lipinski definition) is 4. The fourth-order valence-corrected chi connectivity index (χ4v) is 1.46. The van der Waals surface area contributed by atoms with Gasteiger partial charge >= 0.3 is 7.67 Å². The number of isocyanates is 1. The highest BCUT2D eigenvalue weighted by Crippen LogP contribution is 2.37. The number of benzene rings is 1. The van der Waals surface area contributed by atoms with Gasteiger partial charge in [-0.1, -0.05) is 0 Å². The molecule has 1 rings (SSSR count). The first-order valence-corrected chi connectivity index (χ1v) is 5.46. The Kier molecular flexibility index (Phi) is 3.24. The van der Waals surface area contributed by atoms with Gasteiger partial charge in [0.15, 0.2) is 0 Å². The Bertz CT molecular complexity index is 463. The molecule has 0 aliphatic heterocycles. The molecule has 0 aliphatic carbocycles. The molecule has 7 nitrogen and oxygen atoms in total. The Morgan fingerprint density at radius 2 is 2.20 bits per heavy atom. The number of nitrogens with two attached hydrogens (primary N) is 1. The van der Waals surface area contributed by atoms with Gasteiger partial charge in [0.1, 0.15) is 11.4 Å². The first-order chi connectivity index (χ1) is 6.92. The average molecular weight is 229 g/mol. The second kappa shape index (κ2) is 4.25. The van der Waals surface area contributed by atoms with Gasteiger partial charge in [-0.25, -0.2) is 14.9 Å². The minimum Gasteiger partial charge on any atom is -0.508 e. The van der Waals surface area contributed by atoms with Crippen LogP contribution in [-0.2, 0) is 9.36 Å². The maximum absolute atomic E-state index is 10.8. The lowest BCUT2D eigenvalue weighted by molar-refractivity contribution is 0.475. The molecule has 80 valence electrons. The topological polar surface area (TPSA) is 125 Å². The number of hydrogen-bond donors (Lipinski definition) is 4. The summed E-state index contributed by atoms with van der Waals surface area (Å²) in [5.74, 6) is -0.139. The third-order valence-corrected chi connectivity index (χ3v) is 1.99. The fourth-order valence-electron chi connectivity index (χ4n) is 0.929. The van der Waals surface area contributed by atoms with E-state index in [0.717, 1.165) is 6.07 Å². The summed E-state index contributed by atoms with van der Waals surface area (Å²) in [6.45, 7) is 0. The molecule has 1 atom stereocenters. The average Bonchev–Trinajstić information content (AvgIpc) is 2.08. The number of nitrogens with one attached hydrogen (secondary N) is 1. The molecule has 0 aliphatic rings. The van der Waals surface area contributed by atoms with Crippen LogP contribution in [0.1, 0.15) is 0 Å². The molecule has 0 bridgehead atoms. The molecule has 1 aromatic rings. The number of phenols is 1. The molecular weight excluding hydrogens is 221 g/mol. The number of nitrogens with zero attached hydrogens (tertiary/aromatic N) is 1. The Labute approximate surface area is 84.8 Å². The van der Waals surface area contributed by atoms with E-state index in [1.165, 1.54) is 18.2 Å². The number of phenolic OH excluding ortho intramolecular Hbond substituents is 1. The van der Waals surface area contributed by atoms with E-state index in [1.807, 2.05) is 0 Å². The minimum absolute atomic E-state index is 0.0234. The van der Waals surface area contributed by atoms with Crippen molar-refractivity contribution in [1.29, 1.82) is 0 Å². The van der Waals surface area contributed by atoms with Gasteiger partial charge in [-0.15, -0.1) is 0 Å². The lowest BCUT2D eigenvalue weighted by Crippen LogP contribution is -2.03. The number of aromatic hydroxyl groups is 1. The summed E-state index contributed by atoms with van der Waals surface area (Å²) in [7, 11) is -3.97. The second-order valence-corrected chi connectivity index (χ2v) is 4.11. The van der Waals surface area contributed by atoms with Crippen LogP contribution in [0, 0.1) is 0 Å². The summed E-state index contributed by atoms with van der Waals surface area (Å²) in [4.78, 5) is 22.1. The Hall–Kier alpha value is -1.65. The van der Waals surface area contributed by atoms with Crippen molar-refractivity contribution < 1.29 is 19.4 Å². The standard InChI is InChI=1S/C7H8N3O4P/c8-15(13,14)10-6-2-1-5(12)3-7(6)9-4-11/h1-3,12H,(H4,8,10,13,14). The molecular formula is C7H8N3O4P.